The van der Waals surface area contributed by atoms with E-state index in [0.717, 1.165) is 17.0 Å². The molecular weight excluding hydrogens is 266 g/mol. The minimum atomic E-state index is -0.171. The van der Waals surface area contributed by atoms with Gasteiger partial charge in [0.2, 0.25) is 0 Å². The Morgan fingerprint density at radius 2 is 2.05 bits per heavy atom. The van der Waals surface area contributed by atoms with E-state index in [1.54, 1.807) is 24.3 Å². The fourth-order valence-corrected chi connectivity index (χ4v) is 2.00. The van der Waals surface area contributed by atoms with Gasteiger partial charge in [-0.2, -0.15) is 0 Å². The smallest absolute Gasteiger partial charge is 0.255 e. The highest BCUT2D eigenvalue weighted by atomic mass is 16.5. The molecule has 2 aromatic rings. The molecule has 0 saturated heterocycles. The number of anilines is 2. The molecule has 0 saturated carbocycles. The number of carbonyl (C=O) groups excluding carboxylic acids is 1. The number of hydrazine groups is 1. The predicted molar refractivity (Wildman–Crippen MR) is 84.6 cm³/mol. The number of hydrogen-bond donors (Lipinski definition) is 3. The minimum absolute atomic E-state index is 0.171. The van der Waals surface area contributed by atoms with Crippen LogP contribution >= 0.6 is 0 Å². The van der Waals surface area contributed by atoms with Crippen LogP contribution in [0.25, 0.3) is 0 Å². The number of amides is 1. The Kier molecular flexibility index (Phi) is 4.79. The summed E-state index contributed by atoms with van der Waals surface area (Å²) in [5.41, 5.74) is 5.57. The average Bonchev–Trinajstić information content (AvgIpc) is 2.48. The summed E-state index contributed by atoms with van der Waals surface area (Å²) in [4.78, 5) is 12.2. The number of nitrogens with two attached hydrogens (primary N) is 1. The maximum Gasteiger partial charge on any atom is 0.255 e. The zero-order chi connectivity index (χ0) is 15.2. The number of nitrogens with one attached hydrogen (secondary N) is 2. The van der Waals surface area contributed by atoms with Gasteiger partial charge < -0.3 is 15.5 Å². The molecule has 2 aromatic carbocycles. The maximum absolute atomic E-state index is 12.2. The van der Waals surface area contributed by atoms with Gasteiger partial charge in [-0.3, -0.25) is 10.6 Å². The summed E-state index contributed by atoms with van der Waals surface area (Å²) in [5, 5.41) is 2.85. The SMILES string of the molecule is CCOc1cccc(NC(=O)c2ccc(NN)c(C)c2)c1. The zero-order valence-corrected chi connectivity index (χ0v) is 12.1. The summed E-state index contributed by atoms with van der Waals surface area (Å²) in [6.45, 7) is 4.40. The summed E-state index contributed by atoms with van der Waals surface area (Å²) in [6.07, 6.45) is 0. The predicted octanol–water partition coefficient (Wildman–Crippen LogP) is 2.93. The molecule has 5 nitrogen and oxygen atoms in total. The van der Waals surface area contributed by atoms with Crippen LogP contribution in [0.1, 0.15) is 22.8 Å². The average molecular weight is 285 g/mol. The Labute approximate surface area is 124 Å². The van der Waals surface area contributed by atoms with Crippen LogP contribution in [-0.4, -0.2) is 12.5 Å². The van der Waals surface area contributed by atoms with E-state index in [-0.39, 0.29) is 5.91 Å². The number of benzene rings is 2. The second-order valence-electron chi connectivity index (χ2n) is 4.59. The van der Waals surface area contributed by atoms with E-state index in [1.165, 1.54) is 0 Å². The fraction of sp³-hybridized carbons (Fsp3) is 0.188. The van der Waals surface area contributed by atoms with Crippen molar-refractivity contribution in [2.75, 3.05) is 17.3 Å². The summed E-state index contributed by atoms with van der Waals surface area (Å²) < 4.78 is 5.41. The molecule has 0 aliphatic carbocycles. The molecule has 2 rings (SSSR count). The Morgan fingerprint density at radius 3 is 2.71 bits per heavy atom. The summed E-state index contributed by atoms with van der Waals surface area (Å²) in [7, 11) is 0. The largest absolute Gasteiger partial charge is 0.494 e. The van der Waals surface area contributed by atoms with Gasteiger partial charge in [0.15, 0.2) is 0 Å². The Hall–Kier alpha value is -2.53. The Bertz CT molecular complexity index is 641. The molecule has 110 valence electrons. The molecule has 5 heteroatoms. The van der Waals surface area contributed by atoms with E-state index in [4.69, 9.17) is 10.6 Å². The van der Waals surface area contributed by atoms with Gasteiger partial charge in [0, 0.05) is 17.3 Å². The van der Waals surface area contributed by atoms with E-state index < -0.39 is 0 Å². The number of nitrogen functional groups attached to an aromatic ring is 1. The van der Waals surface area contributed by atoms with E-state index in [2.05, 4.69) is 10.7 Å². The molecule has 0 bridgehead atoms. The lowest BCUT2D eigenvalue weighted by Gasteiger charge is -2.10. The van der Waals surface area contributed by atoms with E-state index in [1.807, 2.05) is 32.0 Å². The topological polar surface area (TPSA) is 76.4 Å². The number of rotatable bonds is 5. The summed E-state index contributed by atoms with van der Waals surface area (Å²) in [6, 6.07) is 12.6. The van der Waals surface area contributed by atoms with Gasteiger partial charge >= 0.3 is 0 Å². The Morgan fingerprint density at radius 1 is 1.24 bits per heavy atom. The van der Waals surface area contributed by atoms with Gasteiger partial charge in [-0.15, -0.1) is 0 Å². The highest BCUT2D eigenvalue weighted by molar-refractivity contribution is 6.04. The van der Waals surface area contributed by atoms with Crippen LogP contribution in [0, 0.1) is 6.92 Å². The first kappa shape index (κ1) is 14.9. The normalized spacial score (nSPS) is 10.0. The first-order valence-corrected chi connectivity index (χ1v) is 6.75. The summed E-state index contributed by atoms with van der Waals surface area (Å²) in [5.74, 6) is 5.94. The number of aryl methyl sites for hydroxylation is 1. The molecule has 4 N–H and O–H groups in total. The third-order valence-corrected chi connectivity index (χ3v) is 3.05. The minimum Gasteiger partial charge on any atom is -0.494 e. The van der Waals surface area contributed by atoms with Crippen LogP contribution in [-0.2, 0) is 0 Å². The lowest BCUT2D eigenvalue weighted by Crippen LogP contribution is -2.13. The van der Waals surface area contributed by atoms with Gasteiger partial charge in [0.25, 0.3) is 5.91 Å². The molecule has 0 radical (unpaired) electrons. The monoisotopic (exact) mass is 285 g/mol. The van der Waals surface area contributed by atoms with Crippen LogP contribution in [0.2, 0.25) is 0 Å². The van der Waals surface area contributed by atoms with Crippen LogP contribution < -0.4 is 21.3 Å². The van der Waals surface area contributed by atoms with Gasteiger partial charge in [0.05, 0.1) is 12.3 Å². The number of ether oxygens (including phenoxy) is 1. The van der Waals surface area contributed by atoms with Crippen molar-refractivity contribution >= 4 is 17.3 Å². The van der Waals surface area contributed by atoms with Gasteiger partial charge in [0.1, 0.15) is 5.75 Å². The molecule has 21 heavy (non-hydrogen) atoms. The van der Waals surface area contributed by atoms with Gasteiger partial charge in [-0.05, 0) is 49.7 Å². The zero-order valence-electron chi connectivity index (χ0n) is 12.1. The van der Waals surface area contributed by atoms with Crippen molar-refractivity contribution in [1.82, 2.24) is 0 Å². The first-order valence-electron chi connectivity index (χ1n) is 6.75. The second-order valence-corrected chi connectivity index (χ2v) is 4.59. The first-order chi connectivity index (χ1) is 10.1. The molecule has 0 aliphatic rings. The molecular formula is C16H19N3O2. The van der Waals surface area contributed by atoms with Gasteiger partial charge in [-0.1, -0.05) is 6.07 Å². The fourth-order valence-electron chi connectivity index (χ4n) is 2.00. The summed E-state index contributed by atoms with van der Waals surface area (Å²) >= 11 is 0. The van der Waals surface area contributed by atoms with Crippen LogP contribution in [0.4, 0.5) is 11.4 Å². The molecule has 0 heterocycles. The molecule has 1 amide bonds. The van der Waals surface area contributed by atoms with Crippen molar-refractivity contribution in [2.24, 2.45) is 5.84 Å². The molecule has 0 aromatic heterocycles. The van der Waals surface area contributed by atoms with Gasteiger partial charge in [-0.25, -0.2) is 0 Å². The van der Waals surface area contributed by atoms with E-state index >= 15 is 0 Å². The van der Waals surface area contributed by atoms with Crippen LogP contribution in [0.15, 0.2) is 42.5 Å². The molecule has 0 atom stereocenters. The molecule has 0 spiro atoms. The van der Waals surface area contributed by atoms with Crippen LogP contribution in [0.3, 0.4) is 0 Å². The maximum atomic E-state index is 12.2. The van der Waals surface area contributed by atoms with Crippen molar-refractivity contribution in [1.29, 1.82) is 0 Å². The van der Waals surface area contributed by atoms with Crippen molar-refractivity contribution in [3.63, 3.8) is 0 Å². The highest BCUT2D eigenvalue weighted by Crippen LogP contribution is 2.19. The number of hydrogen-bond acceptors (Lipinski definition) is 4. The Balaban J connectivity index is 2.14. The standard InChI is InChI=1S/C16H19N3O2/c1-3-21-14-6-4-5-13(10-14)18-16(20)12-7-8-15(19-17)11(2)9-12/h4-10,19H,3,17H2,1-2H3,(H,18,20). The lowest BCUT2D eigenvalue weighted by atomic mass is 10.1. The highest BCUT2D eigenvalue weighted by Gasteiger charge is 2.08. The third kappa shape index (κ3) is 3.73. The quantitative estimate of drug-likeness (QED) is 0.583. The molecule has 0 unspecified atom stereocenters. The van der Waals surface area contributed by atoms with E-state index in [9.17, 15) is 4.79 Å². The van der Waals surface area contributed by atoms with Crippen LogP contribution in [0.5, 0.6) is 5.75 Å². The lowest BCUT2D eigenvalue weighted by molar-refractivity contribution is 0.102. The van der Waals surface area contributed by atoms with Crippen molar-refractivity contribution < 1.29 is 9.53 Å². The van der Waals surface area contributed by atoms with Crippen molar-refractivity contribution in [2.45, 2.75) is 13.8 Å². The second kappa shape index (κ2) is 6.76. The van der Waals surface area contributed by atoms with Crippen molar-refractivity contribution in [3.05, 3.63) is 53.6 Å². The third-order valence-electron chi connectivity index (χ3n) is 3.05. The number of carbonyl (C=O) groups is 1. The molecule has 0 fully saturated rings. The molecule has 0 aliphatic heterocycles. The van der Waals surface area contributed by atoms with E-state index in [0.29, 0.717) is 17.9 Å². The van der Waals surface area contributed by atoms with Crippen molar-refractivity contribution in [3.8, 4) is 5.75 Å².